The molecule has 0 atom stereocenters. The second-order valence-corrected chi connectivity index (χ2v) is 6.46. The summed E-state index contributed by atoms with van der Waals surface area (Å²) in [6.45, 7) is 2.30. The number of unbranched alkanes of at least 4 members (excludes halogenated alkanes) is 1. The number of carbonyl (C=O) groups excluding carboxylic acids is 1. The average molecular weight is 426 g/mol. The van der Waals surface area contributed by atoms with Crippen LogP contribution in [0.5, 0.6) is 5.75 Å². The Kier molecular flexibility index (Phi) is 5.22. The molecule has 0 N–H and O–H groups in total. The van der Waals surface area contributed by atoms with Crippen LogP contribution in [0.1, 0.15) is 19.8 Å². The molecule has 1 heterocycles. The Morgan fingerprint density at radius 2 is 2.20 bits per heavy atom. The molecular formula is C12H10Br2O5S. The van der Waals surface area contributed by atoms with E-state index in [0.717, 1.165) is 24.2 Å². The first kappa shape index (κ1) is 15.5. The van der Waals surface area contributed by atoms with Crippen LogP contribution in [0.2, 0.25) is 0 Å². The monoisotopic (exact) mass is 424 g/mol. The van der Waals surface area contributed by atoms with Crippen molar-refractivity contribution in [3.8, 4) is 5.75 Å². The van der Waals surface area contributed by atoms with Gasteiger partial charge in [-0.25, -0.2) is 9.59 Å². The van der Waals surface area contributed by atoms with Crippen molar-refractivity contribution in [1.29, 1.82) is 0 Å². The molecule has 0 aliphatic carbocycles. The summed E-state index contributed by atoms with van der Waals surface area (Å²) in [5, 5.41) is 0. The Morgan fingerprint density at radius 1 is 1.45 bits per heavy atom. The van der Waals surface area contributed by atoms with E-state index < -0.39 is 11.1 Å². The first-order valence-electron chi connectivity index (χ1n) is 5.79. The molecule has 0 saturated heterocycles. The lowest BCUT2D eigenvalue weighted by Gasteiger charge is -2.08. The van der Waals surface area contributed by atoms with Crippen molar-refractivity contribution in [3.63, 3.8) is 0 Å². The zero-order chi connectivity index (χ0) is 14.7. The molecule has 0 radical (unpaired) electrons. The van der Waals surface area contributed by atoms with Gasteiger partial charge in [0.25, 0.3) is 0 Å². The van der Waals surface area contributed by atoms with Gasteiger partial charge in [-0.1, -0.05) is 24.7 Å². The van der Waals surface area contributed by atoms with Gasteiger partial charge in [-0.3, -0.25) is 0 Å². The smallest absolute Gasteiger partial charge is 0.434 e. The summed E-state index contributed by atoms with van der Waals surface area (Å²) in [6, 6.07) is 1.66. The van der Waals surface area contributed by atoms with Crippen LogP contribution in [0.4, 0.5) is 4.79 Å². The van der Waals surface area contributed by atoms with E-state index in [1.54, 1.807) is 6.07 Å². The third-order valence-corrected chi connectivity index (χ3v) is 4.46. The van der Waals surface area contributed by atoms with Gasteiger partial charge in [-0.15, -0.1) is 0 Å². The number of carbonyl (C=O) groups is 1. The minimum atomic E-state index is -0.795. The van der Waals surface area contributed by atoms with Crippen LogP contribution < -0.4 is 9.68 Å². The van der Waals surface area contributed by atoms with Crippen molar-refractivity contribution in [1.82, 2.24) is 0 Å². The van der Waals surface area contributed by atoms with Gasteiger partial charge in [0, 0.05) is 0 Å². The third kappa shape index (κ3) is 3.42. The molecule has 0 aliphatic rings. The molecule has 0 fully saturated rings. The highest BCUT2D eigenvalue weighted by Crippen LogP contribution is 2.40. The fourth-order valence-electron chi connectivity index (χ4n) is 1.43. The van der Waals surface area contributed by atoms with Gasteiger partial charge in [0.1, 0.15) is 4.47 Å². The number of fused-ring (bicyclic) bond motifs is 1. The third-order valence-electron chi connectivity index (χ3n) is 2.38. The zero-order valence-electron chi connectivity index (χ0n) is 10.4. The molecule has 2 aromatic rings. The first-order valence-corrected chi connectivity index (χ1v) is 8.19. The molecule has 108 valence electrons. The van der Waals surface area contributed by atoms with Gasteiger partial charge in [-0.2, -0.15) is 0 Å². The number of hydrogen-bond donors (Lipinski definition) is 0. The largest absolute Gasteiger partial charge is 0.513 e. The highest BCUT2D eigenvalue weighted by atomic mass is 79.9. The summed E-state index contributed by atoms with van der Waals surface area (Å²) in [5.41, 5.74) is 0.347. The van der Waals surface area contributed by atoms with Crippen molar-refractivity contribution in [2.75, 3.05) is 6.61 Å². The molecule has 1 aromatic carbocycles. The maximum atomic E-state index is 11.6. The molecular weight excluding hydrogens is 416 g/mol. The van der Waals surface area contributed by atoms with E-state index in [0.29, 0.717) is 25.8 Å². The Morgan fingerprint density at radius 3 is 2.90 bits per heavy atom. The van der Waals surface area contributed by atoms with Crippen molar-refractivity contribution >= 4 is 59.6 Å². The summed E-state index contributed by atoms with van der Waals surface area (Å²) >= 11 is 7.53. The van der Waals surface area contributed by atoms with Gasteiger partial charge in [0.05, 0.1) is 15.8 Å². The van der Waals surface area contributed by atoms with Crippen LogP contribution >= 0.6 is 43.2 Å². The number of ether oxygens (including phenoxy) is 2. The van der Waals surface area contributed by atoms with Gasteiger partial charge in [-0.05, 0) is 44.3 Å². The number of hydrogen-bond acceptors (Lipinski definition) is 6. The second kappa shape index (κ2) is 6.73. The molecule has 8 heteroatoms. The normalized spacial score (nSPS) is 10.8. The van der Waals surface area contributed by atoms with Crippen LogP contribution in [-0.2, 0) is 4.74 Å². The van der Waals surface area contributed by atoms with E-state index in [1.165, 1.54) is 0 Å². The lowest BCUT2D eigenvalue weighted by atomic mass is 10.3. The Hall–Kier alpha value is -0.860. The van der Waals surface area contributed by atoms with E-state index in [2.05, 4.69) is 31.9 Å². The van der Waals surface area contributed by atoms with E-state index in [9.17, 15) is 9.59 Å². The average Bonchev–Trinajstić information content (AvgIpc) is 2.75. The van der Waals surface area contributed by atoms with Gasteiger partial charge >= 0.3 is 11.1 Å². The molecule has 5 nitrogen and oxygen atoms in total. The summed E-state index contributed by atoms with van der Waals surface area (Å²) < 4.78 is 16.7. The summed E-state index contributed by atoms with van der Waals surface area (Å²) in [7, 11) is 0. The minimum absolute atomic E-state index is 0.223. The molecule has 0 aliphatic heterocycles. The predicted octanol–water partition coefficient (Wildman–Crippen LogP) is 4.70. The Bertz CT molecular complexity index is 691. The van der Waals surface area contributed by atoms with Gasteiger partial charge < -0.3 is 13.9 Å². The fraction of sp³-hybridized carbons (Fsp3) is 0.333. The van der Waals surface area contributed by atoms with Crippen molar-refractivity contribution in [2.45, 2.75) is 19.8 Å². The van der Waals surface area contributed by atoms with Crippen molar-refractivity contribution in [3.05, 3.63) is 24.7 Å². The Balaban J connectivity index is 2.25. The number of benzene rings is 1. The molecule has 0 spiro atoms. The maximum Gasteiger partial charge on any atom is 0.513 e. The molecule has 1 aromatic heterocycles. The molecule has 2 rings (SSSR count). The SMILES string of the molecule is CCCCOC(=O)Oc1c(Br)cc2sc(=O)oc2c1Br. The number of halogens is 2. The lowest BCUT2D eigenvalue weighted by molar-refractivity contribution is 0.0973. The lowest BCUT2D eigenvalue weighted by Crippen LogP contribution is -2.12. The van der Waals surface area contributed by atoms with E-state index >= 15 is 0 Å². The van der Waals surface area contributed by atoms with E-state index in [4.69, 9.17) is 13.9 Å². The zero-order valence-corrected chi connectivity index (χ0v) is 14.4. The van der Waals surface area contributed by atoms with Crippen LogP contribution in [0.25, 0.3) is 10.3 Å². The quantitative estimate of drug-likeness (QED) is 0.403. The first-order chi connectivity index (χ1) is 9.52. The maximum absolute atomic E-state index is 11.6. The van der Waals surface area contributed by atoms with Crippen molar-refractivity contribution in [2.24, 2.45) is 0 Å². The molecule has 20 heavy (non-hydrogen) atoms. The topological polar surface area (TPSA) is 65.7 Å². The number of rotatable bonds is 4. The van der Waals surface area contributed by atoms with Crippen LogP contribution in [0.15, 0.2) is 24.2 Å². The molecule has 0 saturated carbocycles. The fourth-order valence-corrected chi connectivity index (χ4v) is 3.80. The van der Waals surface area contributed by atoms with Crippen LogP contribution in [0, 0.1) is 0 Å². The van der Waals surface area contributed by atoms with Crippen LogP contribution in [0.3, 0.4) is 0 Å². The molecule has 0 unspecified atom stereocenters. The van der Waals surface area contributed by atoms with Gasteiger partial charge in [0.2, 0.25) is 0 Å². The standard InChI is InChI=1S/C12H10Br2O5S/c1-2-3-4-17-11(15)18-9-6(13)5-7-10(8(9)14)19-12(16)20-7/h5H,2-4H2,1H3. The molecule has 0 bridgehead atoms. The second-order valence-electron chi connectivity index (χ2n) is 3.84. The van der Waals surface area contributed by atoms with Gasteiger partial charge in [0.15, 0.2) is 11.3 Å². The van der Waals surface area contributed by atoms with Crippen molar-refractivity contribution < 1.29 is 18.7 Å². The van der Waals surface area contributed by atoms with Crippen LogP contribution in [-0.4, -0.2) is 12.8 Å². The summed E-state index contributed by atoms with van der Waals surface area (Å²) in [4.78, 5) is 22.4. The highest BCUT2D eigenvalue weighted by molar-refractivity contribution is 9.11. The van der Waals surface area contributed by atoms with E-state index in [1.807, 2.05) is 6.92 Å². The summed E-state index contributed by atoms with van der Waals surface area (Å²) in [5.74, 6) is 0.223. The molecule has 0 amide bonds. The minimum Gasteiger partial charge on any atom is -0.434 e. The summed E-state index contributed by atoms with van der Waals surface area (Å²) in [6.07, 6.45) is 0.902. The van der Waals surface area contributed by atoms with E-state index in [-0.39, 0.29) is 5.75 Å². The Labute approximate surface area is 135 Å². The predicted molar refractivity (Wildman–Crippen MR) is 82.6 cm³/mol. The highest BCUT2D eigenvalue weighted by Gasteiger charge is 2.19.